The van der Waals surface area contributed by atoms with Gasteiger partial charge in [0.05, 0.1) is 0 Å². The van der Waals surface area contributed by atoms with Crippen LogP contribution in [0.25, 0.3) is 0 Å². The largest absolute Gasteiger partial charge is 0.340 e. The summed E-state index contributed by atoms with van der Waals surface area (Å²) >= 11 is 3.51. The molecule has 0 radical (unpaired) electrons. The van der Waals surface area contributed by atoms with Gasteiger partial charge in [-0.15, -0.1) is 0 Å². The Kier molecular flexibility index (Phi) is 3.72. The van der Waals surface area contributed by atoms with Crippen LogP contribution in [0.3, 0.4) is 0 Å². The molecule has 2 aromatic rings. The molecule has 3 aliphatic rings. The maximum absolute atomic E-state index is 12.0. The lowest BCUT2D eigenvalue weighted by Gasteiger charge is -2.40. The van der Waals surface area contributed by atoms with Gasteiger partial charge in [-0.2, -0.15) is 0 Å². The molecule has 1 fully saturated rings. The predicted octanol–water partition coefficient (Wildman–Crippen LogP) is 5.55. The Labute approximate surface area is 144 Å². The zero-order chi connectivity index (χ0) is 16.0. The number of carbonyl (C=O) groups is 1. The third-order valence-corrected chi connectivity index (χ3v) is 5.66. The van der Waals surface area contributed by atoms with Gasteiger partial charge in [-0.05, 0) is 68.2 Å². The van der Waals surface area contributed by atoms with Crippen molar-refractivity contribution in [1.29, 1.82) is 0 Å². The van der Waals surface area contributed by atoms with Crippen LogP contribution in [0, 0.1) is 0 Å². The predicted molar refractivity (Wildman–Crippen MR) is 95.6 cm³/mol. The van der Waals surface area contributed by atoms with Crippen molar-refractivity contribution in [3.05, 3.63) is 51.6 Å². The van der Waals surface area contributed by atoms with Gasteiger partial charge in [0.25, 0.3) is 0 Å². The summed E-state index contributed by atoms with van der Waals surface area (Å²) < 4.78 is 1.04. The van der Waals surface area contributed by atoms with Gasteiger partial charge < -0.3 is 5.32 Å². The van der Waals surface area contributed by atoms with Crippen LogP contribution in [0.4, 0.5) is 11.5 Å². The van der Waals surface area contributed by atoms with E-state index in [1.165, 1.54) is 36.8 Å². The van der Waals surface area contributed by atoms with E-state index in [-0.39, 0.29) is 5.78 Å². The maximum atomic E-state index is 12.0. The molecule has 0 spiro atoms. The number of benzene rings is 1. The number of nitrogens with zero attached hydrogens (tertiary/aromatic N) is 1. The van der Waals surface area contributed by atoms with Crippen LogP contribution in [0.5, 0.6) is 0 Å². The Balaban J connectivity index is 1.83. The van der Waals surface area contributed by atoms with Crippen LogP contribution >= 0.6 is 15.9 Å². The van der Waals surface area contributed by atoms with Crippen molar-refractivity contribution >= 4 is 33.2 Å². The topological polar surface area (TPSA) is 42.0 Å². The van der Waals surface area contributed by atoms with E-state index < -0.39 is 0 Å². The summed E-state index contributed by atoms with van der Waals surface area (Å²) in [6, 6.07) is 8.11. The van der Waals surface area contributed by atoms with Gasteiger partial charge in [-0.3, -0.25) is 4.79 Å². The van der Waals surface area contributed by atoms with E-state index >= 15 is 0 Å². The first kappa shape index (κ1) is 14.9. The number of anilines is 2. The smallest absolute Gasteiger partial charge is 0.161 e. The van der Waals surface area contributed by atoms with Crippen LogP contribution in [0.15, 0.2) is 34.9 Å². The van der Waals surface area contributed by atoms with Crippen LogP contribution < -0.4 is 5.32 Å². The highest BCUT2D eigenvalue weighted by atomic mass is 79.9. The Morgan fingerprint density at radius 3 is 2.52 bits per heavy atom. The minimum atomic E-state index is 0.135. The molecule has 1 aromatic carbocycles. The fraction of sp³-hybridized carbons (Fsp3) is 0.368. The Morgan fingerprint density at radius 2 is 1.87 bits per heavy atom. The molecule has 1 saturated carbocycles. The zero-order valence-corrected chi connectivity index (χ0v) is 14.7. The highest BCUT2D eigenvalue weighted by Gasteiger charge is 2.37. The van der Waals surface area contributed by atoms with E-state index in [9.17, 15) is 4.79 Å². The summed E-state index contributed by atoms with van der Waals surface area (Å²) in [7, 11) is 0. The molecule has 5 rings (SSSR count). The second-order valence-electron chi connectivity index (χ2n) is 6.59. The fourth-order valence-corrected chi connectivity index (χ4v) is 4.55. The first-order valence-corrected chi connectivity index (χ1v) is 8.99. The summed E-state index contributed by atoms with van der Waals surface area (Å²) in [6.07, 6.45) is 6.61. The van der Waals surface area contributed by atoms with Crippen LogP contribution in [-0.2, 0) is 0 Å². The second-order valence-corrected chi connectivity index (χ2v) is 7.50. The number of fused-ring (bicyclic) bond motifs is 2. The van der Waals surface area contributed by atoms with Crippen LogP contribution in [0.2, 0.25) is 0 Å². The first-order chi connectivity index (χ1) is 11.1. The molecule has 1 N–H and O–H groups in total. The highest BCUT2D eigenvalue weighted by molar-refractivity contribution is 9.10. The zero-order valence-electron chi connectivity index (χ0n) is 13.1. The van der Waals surface area contributed by atoms with Gasteiger partial charge in [-0.1, -0.05) is 22.0 Å². The molecule has 0 aliphatic heterocycles. The molecule has 1 heterocycles. The number of halogens is 1. The van der Waals surface area contributed by atoms with E-state index in [0.717, 1.165) is 21.5 Å². The van der Waals surface area contributed by atoms with Gasteiger partial charge in [0.1, 0.15) is 5.82 Å². The molecule has 0 amide bonds. The number of nitrogens with one attached hydrogen (secondary N) is 1. The number of pyridine rings is 1. The lowest BCUT2D eigenvalue weighted by molar-refractivity contribution is 0.101. The third-order valence-electron chi connectivity index (χ3n) is 5.17. The van der Waals surface area contributed by atoms with Crippen molar-refractivity contribution in [1.82, 2.24) is 4.98 Å². The normalized spacial score (nSPS) is 21.8. The van der Waals surface area contributed by atoms with Crippen LogP contribution in [-0.4, -0.2) is 10.8 Å². The molecule has 2 bridgehead atoms. The minimum absolute atomic E-state index is 0.135. The molecular formula is C19H19BrN2O. The van der Waals surface area contributed by atoms with Crippen molar-refractivity contribution < 1.29 is 4.79 Å². The van der Waals surface area contributed by atoms with Crippen molar-refractivity contribution in [3.8, 4) is 0 Å². The number of hydrogen-bond acceptors (Lipinski definition) is 3. The molecule has 0 atom stereocenters. The average Bonchev–Trinajstić information content (AvgIpc) is 2.56. The van der Waals surface area contributed by atoms with Crippen molar-refractivity contribution in [2.45, 2.75) is 44.4 Å². The molecular weight excluding hydrogens is 352 g/mol. The maximum Gasteiger partial charge on any atom is 0.161 e. The molecule has 1 aromatic heterocycles. The van der Waals surface area contributed by atoms with Gasteiger partial charge in [0.2, 0.25) is 0 Å². The van der Waals surface area contributed by atoms with E-state index in [1.54, 1.807) is 13.1 Å². The van der Waals surface area contributed by atoms with Gasteiger partial charge in [-0.25, -0.2) is 4.98 Å². The minimum Gasteiger partial charge on any atom is -0.340 e. The lowest BCUT2D eigenvalue weighted by atomic mass is 9.66. The van der Waals surface area contributed by atoms with Gasteiger partial charge in [0, 0.05) is 27.5 Å². The standard InChI is InChI=1S/C19H19BrN2O/c1-11(23)16-10-21-19(22-15-4-2-3-14(20)9-15)18-13-7-5-12(6-8-13)17(16)18/h2-4,9-10,12-13H,5-8H2,1H3,(H,21,22). The second kappa shape index (κ2) is 5.75. The Morgan fingerprint density at radius 1 is 1.17 bits per heavy atom. The summed E-state index contributed by atoms with van der Waals surface area (Å²) in [5, 5.41) is 3.47. The molecule has 118 valence electrons. The van der Waals surface area contributed by atoms with Gasteiger partial charge in [0.15, 0.2) is 5.78 Å². The number of Topliss-reactive ketones (excluding diaryl/α,β-unsaturated/α-hetero) is 1. The number of hydrogen-bond donors (Lipinski definition) is 1. The third kappa shape index (κ3) is 2.59. The molecule has 23 heavy (non-hydrogen) atoms. The van der Waals surface area contributed by atoms with Crippen molar-refractivity contribution in [3.63, 3.8) is 0 Å². The lowest BCUT2D eigenvalue weighted by Crippen LogP contribution is -2.25. The number of carbonyl (C=O) groups excluding carboxylic acids is 1. The number of aromatic nitrogens is 1. The number of rotatable bonds is 3. The Bertz CT molecular complexity index is 779. The molecule has 3 aliphatic carbocycles. The molecule has 4 heteroatoms. The molecule has 0 unspecified atom stereocenters. The quantitative estimate of drug-likeness (QED) is 0.720. The van der Waals surface area contributed by atoms with E-state index in [2.05, 4.69) is 26.2 Å². The number of ketones is 1. The Hall–Kier alpha value is -1.68. The summed E-state index contributed by atoms with van der Waals surface area (Å²) in [5.41, 5.74) is 4.41. The molecule has 0 saturated heterocycles. The van der Waals surface area contributed by atoms with Crippen molar-refractivity contribution in [2.75, 3.05) is 5.32 Å². The van der Waals surface area contributed by atoms with E-state index in [0.29, 0.717) is 11.8 Å². The van der Waals surface area contributed by atoms with Crippen LogP contribution in [0.1, 0.15) is 65.9 Å². The van der Waals surface area contributed by atoms with Crippen molar-refractivity contribution in [2.24, 2.45) is 0 Å². The average molecular weight is 371 g/mol. The van der Waals surface area contributed by atoms with E-state index in [1.807, 2.05) is 24.3 Å². The summed E-state index contributed by atoms with van der Waals surface area (Å²) in [6.45, 7) is 1.65. The summed E-state index contributed by atoms with van der Waals surface area (Å²) in [4.78, 5) is 16.7. The first-order valence-electron chi connectivity index (χ1n) is 8.20. The highest BCUT2D eigenvalue weighted by Crippen LogP contribution is 2.52. The van der Waals surface area contributed by atoms with E-state index in [4.69, 9.17) is 0 Å². The van der Waals surface area contributed by atoms with Gasteiger partial charge >= 0.3 is 0 Å². The molecule has 3 nitrogen and oxygen atoms in total. The fourth-order valence-electron chi connectivity index (χ4n) is 4.15. The summed E-state index contributed by atoms with van der Waals surface area (Å²) in [5.74, 6) is 2.13. The SMILES string of the molecule is CC(=O)c1cnc(Nc2cccc(Br)c2)c2c1C1CCC2CC1. The monoisotopic (exact) mass is 370 g/mol.